The van der Waals surface area contributed by atoms with E-state index in [2.05, 4.69) is 5.10 Å². The van der Waals surface area contributed by atoms with Gasteiger partial charge in [0.1, 0.15) is 6.10 Å². The van der Waals surface area contributed by atoms with Crippen molar-refractivity contribution < 1.29 is 14.6 Å². The topological polar surface area (TPSA) is 67.6 Å². The van der Waals surface area contributed by atoms with Gasteiger partial charge in [-0.3, -0.25) is 4.79 Å². The van der Waals surface area contributed by atoms with E-state index in [0.717, 1.165) is 22.6 Å². The molecular formula is C19H25N3O3. The minimum absolute atomic E-state index is 0.0000599. The van der Waals surface area contributed by atoms with Crippen LogP contribution in [-0.2, 0) is 16.0 Å². The lowest BCUT2D eigenvalue weighted by Crippen LogP contribution is -2.31. The van der Waals surface area contributed by atoms with Crippen LogP contribution in [0.3, 0.4) is 0 Å². The highest BCUT2D eigenvalue weighted by Gasteiger charge is 2.34. The Balaban J connectivity index is 1.75. The first-order chi connectivity index (χ1) is 12.0. The maximum absolute atomic E-state index is 12.7. The molecule has 6 nitrogen and oxygen atoms in total. The number of carbonyl (C=O) groups excluding carboxylic acids is 1. The Labute approximate surface area is 148 Å². The number of nitrogens with zero attached hydrogens (tertiary/aromatic N) is 3. The molecule has 0 aliphatic carbocycles. The highest BCUT2D eigenvalue weighted by atomic mass is 16.5. The second kappa shape index (κ2) is 7.37. The SMILES string of the molecule is CCO[C@H]1CN(C(=O)Cc2c(C)nn(-c3ccccc3)c2C)C[C@@H]1O. The summed E-state index contributed by atoms with van der Waals surface area (Å²) < 4.78 is 7.37. The number of aliphatic hydroxyl groups excluding tert-OH is 1. The maximum atomic E-state index is 12.7. The standard InChI is InChI=1S/C19H25N3O3/c1-4-25-18-12-21(11-17(18)23)19(24)10-16-13(2)20-22(14(16)3)15-8-6-5-7-9-15/h5-9,17-18,23H,4,10-12H2,1-3H3/t17-,18-/m0/s1. The van der Waals surface area contributed by atoms with Crippen molar-refractivity contribution in [3.63, 3.8) is 0 Å². The van der Waals surface area contributed by atoms with Crippen molar-refractivity contribution in [2.24, 2.45) is 0 Å². The first-order valence-electron chi connectivity index (χ1n) is 8.69. The number of para-hydroxylation sites is 1. The Morgan fingerprint density at radius 3 is 2.68 bits per heavy atom. The van der Waals surface area contributed by atoms with Gasteiger partial charge in [-0.1, -0.05) is 18.2 Å². The quantitative estimate of drug-likeness (QED) is 0.896. The number of aliphatic hydroxyl groups is 1. The van der Waals surface area contributed by atoms with Gasteiger partial charge in [-0.25, -0.2) is 4.68 Å². The van der Waals surface area contributed by atoms with Gasteiger partial charge in [0.15, 0.2) is 0 Å². The predicted octanol–water partition coefficient (Wildman–Crippen LogP) is 1.64. The summed E-state index contributed by atoms with van der Waals surface area (Å²) in [5.74, 6) is 0.0000599. The average molecular weight is 343 g/mol. The van der Waals surface area contributed by atoms with Crippen molar-refractivity contribution in [3.8, 4) is 5.69 Å². The van der Waals surface area contributed by atoms with Gasteiger partial charge in [0.05, 0.1) is 23.9 Å². The second-order valence-corrected chi connectivity index (χ2v) is 6.43. The third-order valence-corrected chi connectivity index (χ3v) is 4.74. The molecule has 1 aliphatic rings. The van der Waals surface area contributed by atoms with Gasteiger partial charge in [0, 0.05) is 31.0 Å². The minimum atomic E-state index is -0.613. The number of hydrogen-bond acceptors (Lipinski definition) is 4. The van der Waals surface area contributed by atoms with Gasteiger partial charge in [0.2, 0.25) is 5.91 Å². The van der Waals surface area contributed by atoms with Gasteiger partial charge in [-0.15, -0.1) is 0 Å². The van der Waals surface area contributed by atoms with Crippen LogP contribution < -0.4 is 0 Å². The fourth-order valence-electron chi connectivity index (χ4n) is 3.35. The Kier molecular flexibility index (Phi) is 5.20. The first-order valence-corrected chi connectivity index (χ1v) is 8.69. The number of carbonyl (C=O) groups is 1. The lowest BCUT2D eigenvalue weighted by atomic mass is 10.1. The minimum Gasteiger partial charge on any atom is -0.388 e. The number of aryl methyl sites for hydroxylation is 1. The largest absolute Gasteiger partial charge is 0.388 e. The lowest BCUT2D eigenvalue weighted by molar-refractivity contribution is -0.130. The van der Waals surface area contributed by atoms with Crippen LogP contribution in [0.4, 0.5) is 0 Å². The molecule has 1 aromatic heterocycles. The maximum Gasteiger partial charge on any atom is 0.227 e. The molecule has 1 aromatic carbocycles. The van der Waals surface area contributed by atoms with Crippen LogP contribution in [0, 0.1) is 13.8 Å². The summed E-state index contributed by atoms with van der Waals surface area (Å²) in [5, 5.41) is 14.6. The van der Waals surface area contributed by atoms with E-state index in [9.17, 15) is 9.90 Å². The molecule has 1 aliphatic heterocycles. The van der Waals surface area contributed by atoms with Crippen molar-refractivity contribution in [1.82, 2.24) is 14.7 Å². The van der Waals surface area contributed by atoms with Crippen molar-refractivity contribution in [1.29, 1.82) is 0 Å². The monoisotopic (exact) mass is 343 g/mol. The Morgan fingerprint density at radius 2 is 2.00 bits per heavy atom. The van der Waals surface area contributed by atoms with Crippen molar-refractivity contribution in [2.45, 2.75) is 39.4 Å². The molecule has 2 heterocycles. The number of ether oxygens (including phenoxy) is 1. The fourth-order valence-corrected chi connectivity index (χ4v) is 3.35. The van der Waals surface area contributed by atoms with Crippen molar-refractivity contribution in [3.05, 3.63) is 47.3 Å². The van der Waals surface area contributed by atoms with Crippen LogP contribution in [0.1, 0.15) is 23.9 Å². The van der Waals surface area contributed by atoms with Gasteiger partial charge in [0.25, 0.3) is 0 Å². The first kappa shape index (κ1) is 17.6. The summed E-state index contributed by atoms with van der Waals surface area (Å²) in [5.41, 5.74) is 3.76. The van der Waals surface area contributed by atoms with E-state index in [1.807, 2.05) is 55.8 Å². The van der Waals surface area contributed by atoms with Crippen molar-refractivity contribution >= 4 is 5.91 Å². The zero-order valence-electron chi connectivity index (χ0n) is 15.0. The molecule has 0 spiro atoms. The third-order valence-electron chi connectivity index (χ3n) is 4.74. The molecule has 0 saturated carbocycles. The van der Waals surface area contributed by atoms with Crippen LogP contribution >= 0.6 is 0 Å². The third kappa shape index (κ3) is 3.60. The van der Waals surface area contributed by atoms with Crippen LogP contribution in [0.25, 0.3) is 5.69 Å². The molecule has 0 unspecified atom stereocenters. The normalized spacial score (nSPS) is 20.2. The van der Waals surface area contributed by atoms with E-state index in [-0.39, 0.29) is 18.4 Å². The molecule has 1 N–H and O–H groups in total. The molecule has 1 fully saturated rings. The zero-order chi connectivity index (χ0) is 18.0. The van der Waals surface area contributed by atoms with E-state index < -0.39 is 6.10 Å². The summed E-state index contributed by atoms with van der Waals surface area (Å²) in [6.07, 6.45) is -0.614. The number of rotatable bonds is 5. The van der Waals surface area contributed by atoms with Gasteiger partial charge in [-0.05, 0) is 32.9 Å². The Hall–Kier alpha value is -2.18. The number of benzene rings is 1. The highest BCUT2D eigenvalue weighted by Crippen LogP contribution is 2.21. The predicted molar refractivity (Wildman–Crippen MR) is 94.7 cm³/mol. The van der Waals surface area contributed by atoms with E-state index in [0.29, 0.717) is 19.7 Å². The van der Waals surface area contributed by atoms with E-state index in [1.165, 1.54) is 0 Å². The molecule has 25 heavy (non-hydrogen) atoms. The van der Waals surface area contributed by atoms with E-state index in [4.69, 9.17) is 4.74 Å². The van der Waals surface area contributed by atoms with Crippen LogP contribution in [-0.4, -0.2) is 57.6 Å². The molecule has 134 valence electrons. The molecule has 1 saturated heterocycles. The van der Waals surface area contributed by atoms with Crippen molar-refractivity contribution in [2.75, 3.05) is 19.7 Å². The van der Waals surface area contributed by atoms with Gasteiger partial charge in [-0.2, -0.15) is 5.10 Å². The fraction of sp³-hybridized carbons (Fsp3) is 0.474. The molecule has 0 radical (unpaired) electrons. The summed E-state index contributed by atoms with van der Waals surface area (Å²) >= 11 is 0. The molecule has 6 heteroatoms. The number of hydrogen-bond donors (Lipinski definition) is 1. The zero-order valence-corrected chi connectivity index (χ0v) is 15.0. The van der Waals surface area contributed by atoms with Crippen LogP contribution in [0.2, 0.25) is 0 Å². The highest BCUT2D eigenvalue weighted by molar-refractivity contribution is 5.79. The molecule has 0 bridgehead atoms. The average Bonchev–Trinajstić information content (AvgIpc) is 3.11. The summed E-state index contributed by atoms with van der Waals surface area (Å²) in [7, 11) is 0. The number of amides is 1. The molecule has 3 rings (SSSR count). The summed E-state index contributed by atoms with van der Waals surface area (Å²) in [4.78, 5) is 14.4. The van der Waals surface area contributed by atoms with Gasteiger partial charge < -0.3 is 14.7 Å². The summed E-state index contributed by atoms with van der Waals surface area (Å²) in [6, 6.07) is 9.89. The smallest absolute Gasteiger partial charge is 0.227 e. The molecular weight excluding hydrogens is 318 g/mol. The molecule has 2 aromatic rings. The van der Waals surface area contributed by atoms with E-state index in [1.54, 1.807) is 4.90 Å². The Morgan fingerprint density at radius 1 is 1.28 bits per heavy atom. The van der Waals surface area contributed by atoms with Gasteiger partial charge >= 0.3 is 0 Å². The number of likely N-dealkylation sites (tertiary alicyclic amines) is 1. The molecule has 1 amide bonds. The second-order valence-electron chi connectivity index (χ2n) is 6.43. The summed E-state index contributed by atoms with van der Waals surface area (Å²) in [6.45, 7) is 7.11. The lowest BCUT2D eigenvalue weighted by Gasteiger charge is -2.16. The number of aromatic nitrogens is 2. The Bertz CT molecular complexity index is 742. The number of β-amino-alcohol motifs (C(OH)–C–C–N with tert-alkyl or cyclic N) is 1. The molecule has 2 atom stereocenters. The van der Waals surface area contributed by atoms with Crippen LogP contribution in [0.5, 0.6) is 0 Å². The van der Waals surface area contributed by atoms with E-state index >= 15 is 0 Å². The van der Waals surface area contributed by atoms with Crippen LogP contribution in [0.15, 0.2) is 30.3 Å².